The van der Waals surface area contributed by atoms with Crippen LogP contribution in [0.25, 0.3) is 11.4 Å². The molecule has 0 spiro atoms. The van der Waals surface area contributed by atoms with Gasteiger partial charge in [-0.25, -0.2) is 0 Å². The summed E-state index contributed by atoms with van der Waals surface area (Å²) >= 11 is 6.03. The second-order valence-corrected chi connectivity index (χ2v) is 8.63. The molecule has 2 aliphatic rings. The predicted molar refractivity (Wildman–Crippen MR) is 120 cm³/mol. The van der Waals surface area contributed by atoms with E-state index < -0.39 is 0 Å². The van der Waals surface area contributed by atoms with Gasteiger partial charge >= 0.3 is 0 Å². The van der Waals surface area contributed by atoms with Crippen LogP contribution in [0, 0.1) is 5.92 Å². The van der Waals surface area contributed by atoms with Crippen LogP contribution in [0.1, 0.15) is 44.4 Å². The topological polar surface area (TPSA) is 95.7 Å². The van der Waals surface area contributed by atoms with Gasteiger partial charge in [-0.2, -0.15) is 4.98 Å². The first-order valence-electron chi connectivity index (χ1n) is 11.0. The summed E-state index contributed by atoms with van der Waals surface area (Å²) in [5.41, 5.74) is 0.804. The largest absolute Gasteiger partial charge is 0.352 e. The molecule has 1 aromatic heterocycles. The molecular formula is C22H29ClN6O2. The molecule has 4 rings (SSSR count). The zero-order valence-electron chi connectivity index (χ0n) is 17.8. The molecule has 1 aliphatic heterocycles. The number of aromatic nitrogens is 2. The first kappa shape index (κ1) is 21.6. The molecule has 1 saturated heterocycles. The molecule has 1 amide bonds. The molecule has 2 aromatic rings. The molecule has 8 nitrogen and oxygen atoms in total. The normalized spacial score (nSPS) is 20.1. The van der Waals surface area contributed by atoms with Gasteiger partial charge in [-0.1, -0.05) is 48.2 Å². The van der Waals surface area contributed by atoms with Crippen molar-refractivity contribution in [1.29, 1.82) is 0 Å². The number of halogens is 1. The summed E-state index contributed by atoms with van der Waals surface area (Å²) in [4.78, 5) is 23.5. The third kappa shape index (κ3) is 5.55. The van der Waals surface area contributed by atoms with Gasteiger partial charge < -0.3 is 20.1 Å². The summed E-state index contributed by atoms with van der Waals surface area (Å²) in [7, 11) is 1.72. The van der Waals surface area contributed by atoms with Crippen molar-refractivity contribution in [3.8, 4) is 11.4 Å². The van der Waals surface area contributed by atoms with E-state index in [0.717, 1.165) is 37.9 Å². The number of amides is 1. The maximum Gasteiger partial charge on any atom is 0.246 e. The SMILES string of the molecule is CN=C(NCc1nc(-c2cccc(Cl)c2)no1)NC1CCN(C(=O)C2CCCCC2)C1. The Hall–Kier alpha value is -2.61. The lowest BCUT2D eigenvalue weighted by molar-refractivity contribution is -0.135. The molecule has 1 unspecified atom stereocenters. The lowest BCUT2D eigenvalue weighted by Crippen LogP contribution is -2.45. The number of hydrogen-bond acceptors (Lipinski definition) is 5. The number of guanidine groups is 1. The number of aliphatic imine (C=N–C) groups is 1. The quantitative estimate of drug-likeness (QED) is 0.543. The molecular weight excluding hydrogens is 416 g/mol. The van der Waals surface area contributed by atoms with E-state index in [0.29, 0.717) is 35.1 Å². The van der Waals surface area contributed by atoms with Crippen molar-refractivity contribution in [2.24, 2.45) is 10.9 Å². The fourth-order valence-electron chi connectivity index (χ4n) is 4.30. The van der Waals surface area contributed by atoms with E-state index >= 15 is 0 Å². The zero-order chi connectivity index (χ0) is 21.6. The van der Waals surface area contributed by atoms with E-state index in [2.05, 4.69) is 25.8 Å². The van der Waals surface area contributed by atoms with E-state index in [4.69, 9.17) is 16.1 Å². The van der Waals surface area contributed by atoms with Crippen molar-refractivity contribution in [2.75, 3.05) is 20.1 Å². The van der Waals surface area contributed by atoms with Crippen LogP contribution in [0.4, 0.5) is 0 Å². The average molecular weight is 445 g/mol. The Kier molecular flexibility index (Phi) is 7.06. The molecule has 0 radical (unpaired) electrons. The summed E-state index contributed by atoms with van der Waals surface area (Å²) in [6.45, 7) is 1.87. The summed E-state index contributed by atoms with van der Waals surface area (Å²) in [5.74, 6) is 2.15. The number of carbonyl (C=O) groups is 1. The second-order valence-electron chi connectivity index (χ2n) is 8.20. The highest BCUT2D eigenvalue weighted by molar-refractivity contribution is 6.30. The molecule has 1 saturated carbocycles. The molecule has 9 heteroatoms. The van der Waals surface area contributed by atoms with Gasteiger partial charge in [0.1, 0.15) is 0 Å². The molecule has 0 bridgehead atoms. The van der Waals surface area contributed by atoms with Crippen LogP contribution < -0.4 is 10.6 Å². The number of carbonyl (C=O) groups excluding carboxylic acids is 1. The standard InChI is InChI=1S/C22H29ClN6O2/c1-24-22(25-13-19-27-20(28-31-19)16-8-5-9-17(23)12-16)26-18-10-11-29(14-18)21(30)15-6-3-2-4-7-15/h5,8-9,12,15,18H,2-4,6-7,10-11,13-14H2,1H3,(H2,24,25,26). The Morgan fingerprint density at radius 2 is 2.13 bits per heavy atom. The molecule has 1 aliphatic carbocycles. The van der Waals surface area contributed by atoms with E-state index in [-0.39, 0.29) is 12.0 Å². The lowest BCUT2D eigenvalue weighted by Gasteiger charge is -2.26. The van der Waals surface area contributed by atoms with Crippen molar-refractivity contribution in [3.05, 3.63) is 35.2 Å². The highest BCUT2D eigenvalue weighted by Crippen LogP contribution is 2.27. The van der Waals surface area contributed by atoms with Gasteiger partial charge in [0.25, 0.3) is 0 Å². The average Bonchev–Trinajstić information content (AvgIpc) is 3.46. The van der Waals surface area contributed by atoms with Crippen molar-refractivity contribution >= 4 is 23.5 Å². The summed E-state index contributed by atoms with van der Waals surface area (Å²) in [6.07, 6.45) is 6.61. The molecule has 2 heterocycles. The first-order valence-corrected chi connectivity index (χ1v) is 11.3. The van der Waals surface area contributed by atoms with Gasteiger partial charge in [-0.05, 0) is 31.4 Å². The molecule has 31 heavy (non-hydrogen) atoms. The fourth-order valence-corrected chi connectivity index (χ4v) is 4.50. The number of likely N-dealkylation sites (tertiary alicyclic amines) is 1. The number of nitrogens with one attached hydrogen (secondary N) is 2. The predicted octanol–water partition coefficient (Wildman–Crippen LogP) is 3.24. The summed E-state index contributed by atoms with van der Waals surface area (Å²) in [5, 5.41) is 11.3. The Labute approximate surface area is 187 Å². The van der Waals surface area contributed by atoms with Crippen LogP contribution in [-0.4, -0.2) is 53.1 Å². The van der Waals surface area contributed by atoms with Crippen LogP contribution in [0.3, 0.4) is 0 Å². The highest BCUT2D eigenvalue weighted by Gasteiger charge is 2.31. The Morgan fingerprint density at radius 3 is 2.90 bits per heavy atom. The van der Waals surface area contributed by atoms with Crippen LogP contribution >= 0.6 is 11.6 Å². The summed E-state index contributed by atoms with van der Waals surface area (Å²) in [6, 6.07) is 7.51. The van der Waals surface area contributed by atoms with Gasteiger partial charge in [0.2, 0.25) is 17.6 Å². The minimum Gasteiger partial charge on any atom is -0.352 e. The monoisotopic (exact) mass is 444 g/mol. The van der Waals surface area contributed by atoms with E-state index in [9.17, 15) is 4.79 Å². The van der Waals surface area contributed by atoms with Crippen LogP contribution in [-0.2, 0) is 11.3 Å². The highest BCUT2D eigenvalue weighted by atomic mass is 35.5. The van der Waals surface area contributed by atoms with Gasteiger partial charge in [0.15, 0.2) is 5.96 Å². The van der Waals surface area contributed by atoms with E-state index in [1.807, 2.05) is 17.0 Å². The minimum absolute atomic E-state index is 0.184. The maximum atomic E-state index is 12.8. The minimum atomic E-state index is 0.184. The molecule has 2 fully saturated rings. The second kappa shape index (κ2) is 10.1. The van der Waals surface area contributed by atoms with Crippen molar-refractivity contribution in [3.63, 3.8) is 0 Å². The molecule has 166 valence electrons. The zero-order valence-corrected chi connectivity index (χ0v) is 18.6. The fraction of sp³-hybridized carbons (Fsp3) is 0.545. The van der Waals surface area contributed by atoms with Crippen molar-refractivity contribution in [1.82, 2.24) is 25.7 Å². The Morgan fingerprint density at radius 1 is 1.29 bits per heavy atom. The van der Waals surface area contributed by atoms with Crippen LogP contribution in [0.15, 0.2) is 33.8 Å². The Bertz CT molecular complexity index is 924. The smallest absolute Gasteiger partial charge is 0.246 e. The van der Waals surface area contributed by atoms with Crippen molar-refractivity contribution < 1.29 is 9.32 Å². The number of nitrogens with zero attached hydrogens (tertiary/aromatic N) is 4. The van der Waals surface area contributed by atoms with Gasteiger partial charge in [-0.15, -0.1) is 0 Å². The molecule has 1 atom stereocenters. The third-order valence-electron chi connectivity index (χ3n) is 5.98. The number of hydrogen-bond donors (Lipinski definition) is 2. The van der Waals surface area contributed by atoms with Crippen molar-refractivity contribution in [2.45, 2.75) is 51.1 Å². The molecule has 2 N–H and O–H groups in total. The maximum absolute atomic E-state index is 12.8. The number of rotatable bonds is 5. The third-order valence-corrected chi connectivity index (χ3v) is 6.21. The first-order chi connectivity index (χ1) is 15.1. The van der Waals surface area contributed by atoms with Gasteiger partial charge in [-0.3, -0.25) is 9.79 Å². The van der Waals surface area contributed by atoms with Crippen LogP contribution in [0.5, 0.6) is 0 Å². The van der Waals surface area contributed by atoms with Gasteiger partial charge in [0, 0.05) is 42.7 Å². The molecule has 1 aromatic carbocycles. The Balaban J connectivity index is 1.26. The van der Waals surface area contributed by atoms with Crippen LogP contribution in [0.2, 0.25) is 5.02 Å². The summed E-state index contributed by atoms with van der Waals surface area (Å²) < 4.78 is 5.34. The van der Waals surface area contributed by atoms with E-state index in [1.54, 1.807) is 19.2 Å². The van der Waals surface area contributed by atoms with Gasteiger partial charge in [0.05, 0.1) is 6.54 Å². The lowest BCUT2D eigenvalue weighted by atomic mass is 9.88. The van der Waals surface area contributed by atoms with E-state index in [1.165, 1.54) is 19.3 Å². The number of benzene rings is 1.